The quantitative estimate of drug-likeness (QED) is 0.684. The monoisotopic (exact) mass is 362 g/mol. The van der Waals surface area contributed by atoms with Crippen LogP contribution in [0, 0.1) is 6.92 Å². The van der Waals surface area contributed by atoms with Gasteiger partial charge in [0.25, 0.3) is 0 Å². The Kier molecular flexibility index (Phi) is 4.21. The molecule has 0 saturated carbocycles. The molecule has 4 rings (SSSR count). The number of hydrogen-bond donors (Lipinski definition) is 2. The number of aromatic nitrogens is 2. The van der Waals surface area contributed by atoms with Gasteiger partial charge in [-0.1, -0.05) is 35.6 Å². The molecule has 2 heterocycles. The maximum absolute atomic E-state index is 11.8. The van der Waals surface area contributed by atoms with Crippen molar-refractivity contribution in [3.63, 3.8) is 0 Å². The zero-order valence-electron chi connectivity index (χ0n) is 14.7. The molecular weight excluding hydrogens is 344 g/mol. The summed E-state index contributed by atoms with van der Waals surface area (Å²) >= 11 is 0. The number of hydrogen-bond acceptors (Lipinski definition) is 7. The number of nitrogen functional groups attached to an aromatic ring is 1. The second kappa shape index (κ2) is 6.69. The van der Waals surface area contributed by atoms with Crippen molar-refractivity contribution in [2.24, 2.45) is 0 Å². The second-order valence-electron chi connectivity index (χ2n) is 6.34. The maximum Gasteiger partial charge on any atom is 0.335 e. The van der Waals surface area contributed by atoms with Gasteiger partial charge in [-0.05, 0) is 42.7 Å². The van der Waals surface area contributed by atoms with Gasteiger partial charge in [-0.25, -0.2) is 4.79 Å². The highest BCUT2D eigenvalue weighted by Gasteiger charge is 2.20. The first kappa shape index (κ1) is 17.0. The fraction of sp³-hybridized carbons (Fsp3) is 0.150. The van der Waals surface area contributed by atoms with E-state index in [9.17, 15) is 10.0 Å². The zero-order valence-corrected chi connectivity index (χ0v) is 14.7. The van der Waals surface area contributed by atoms with Gasteiger partial charge < -0.3 is 10.6 Å². The highest BCUT2D eigenvalue weighted by molar-refractivity contribution is 5.96. The predicted molar refractivity (Wildman–Crippen MR) is 102 cm³/mol. The first-order valence-electron chi connectivity index (χ1n) is 8.57. The maximum atomic E-state index is 11.8. The molecule has 7 nitrogen and oxygen atoms in total. The van der Waals surface area contributed by atoms with Crippen LogP contribution in [0.15, 0.2) is 48.5 Å². The lowest BCUT2D eigenvalue weighted by molar-refractivity contribution is -0.156. The van der Waals surface area contributed by atoms with E-state index in [1.807, 2.05) is 43.3 Å². The number of benzene rings is 2. The van der Waals surface area contributed by atoms with Crippen LogP contribution in [0.5, 0.6) is 0 Å². The Hall–Kier alpha value is -3.45. The number of nitrogens with two attached hydrogens (primary N) is 1. The molecule has 0 spiro atoms. The molecule has 136 valence electrons. The number of para-hydroxylation sites is 1. The van der Waals surface area contributed by atoms with E-state index in [-0.39, 0.29) is 6.42 Å². The van der Waals surface area contributed by atoms with Crippen molar-refractivity contribution in [2.75, 3.05) is 11.0 Å². The summed E-state index contributed by atoms with van der Waals surface area (Å²) in [6, 6.07) is 13.1. The minimum Gasteiger partial charge on any atom is -0.382 e. The molecule has 3 N–H and O–H groups in total. The third-order valence-electron chi connectivity index (χ3n) is 4.59. The summed E-state index contributed by atoms with van der Waals surface area (Å²) < 4.78 is 0. The summed E-state index contributed by atoms with van der Waals surface area (Å²) in [5.74, 6) is -0.117. The van der Waals surface area contributed by atoms with Gasteiger partial charge in [0.1, 0.15) is 5.69 Å². The first-order valence-corrected chi connectivity index (χ1v) is 8.57. The van der Waals surface area contributed by atoms with E-state index < -0.39 is 5.97 Å². The van der Waals surface area contributed by atoms with Crippen LogP contribution in [0.25, 0.3) is 16.3 Å². The lowest BCUT2D eigenvalue weighted by atomic mass is 9.93. The van der Waals surface area contributed by atoms with E-state index in [2.05, 4.69) is 10.2 Å². The molecule has 2 aromatic carbocycles. The van der Waals surface area contributed by atoms with Crippen molar-refractivity contribution >= 4 is 33.8 Å². The largest absolute Gasteiger partial charge is 0.382 e. The van der Waals surface area contributed by atoms with Gasteiger partial charge in [-0.2, -0.15) is 5.10 Å². The number of nitrogens with zero attached hydrogens (tertiary/aromatic N) is 3. The smallest absolute Gasteiger partial charge is 0.335 e. The summed E-state index contributed by atoms with van der Waals surface area (Å²) in [6.45, 7) is 1.88. The minimum absolute atomic E-state index is 0.166. The van der Waals surface area contributed by atoms with Gasteiger partial charge in [-0.15, -0.1) is 5.10 Å². The van der Waals surface area contributed by atoms with Gasteiger partial charge in [0, 0.05) is 16.3 Å². The molecule has 0 saturated heterocycles. The number of carbonyl (C=O) groups excluding carboxylic acids is 1. The Balaban J connectivity index is 1.93. The van der Waals surface area contributed by atoms with Crippen LogP contribution in [0.1, 0.15) is 29.7 Å². The van der Waals surface area contributed by atoms with Crippen molar-refractivity contribution in [3.8, 4) is 0 Å². The van der Waals surface area contributed by atoms with Crippen LogP contribution < -0.4 is 11.0 Å². The minimum atomic E-state index is -0.498. The fourth-order valence-corrected chi connectivity index (χ4v) is 3.25. The Morgan fingerprint density at radius 3 is 2.81 bits per heavy atom. The predicted octanol–water partition coefficient (Wildman–Crippen LogP) is 3.40. The summed E-state index contributed by atoms with van der Waals surface area (Å²) in [5.41, 5.74) is 9.68. The van der Waals surface area contributed by atoms with Gasteiger partial charge >= 0.3 is 5.97 Å². The lowest BCUT2D eigenvalue weighted by Gasteiger charge is -2.19. The number of allylic oxidation sites excluding steroid dienone is 1. The molecule has 1 aliphatic rings. The van der Waals surface area contributed by atoms with Crippen molar-refractivity contribution < 1.29 is 14.8 Å². The third-order valence-corrected chi connectivity index (χ3v) is 4.59. The third kappa shape index (κ3) is 3.09. The topological polar surface area (TPSA) is 102 Å². The van der Waals surface area contributed by atoms with E-state index >= 15 is 0 Å². The van der Waals surface area contributed by atoms with Crippen molar-refractivity contribution in [1.82, 2.24) is 10.2 Å². The van der Waals surface area contributed by atoms with Gasteiger partial charge in [0.15, 0.2) is 5.82 Å². The summed E-state index contributed by atoms with van der Waals surface area (Å²) in [5, 5.41) is 20.6. The van der Waals surface area contributed by atoms with Crippen molar-refractivity contribution in [1.29, 1.82) is 0 Å². The standard InChI is InChI=1S/C20H18N4O3/c1-12-17-11-13(9-10-16(17)20(21)23-22-12)14-6-4-8-19(25)27-24(26)18-7-3-2-5-15(14)18/h2-3,5-7,9-11,26H,4,8H2,1H3,(H2,21,23). The van der Waals surface area contributed by atoms with Gasteiger partial charge in [0.05, 0.1) is 12.1 Å². The molecule has 0 atom stereocenters. The van der Waals surface area contributed by atoms with E-state index in [1.165, 1.54) is 0 Å². The molecular formula is C20H18N4O3. The molecule has 1 aromatic heterocycles. The zero-order chi connectivity index (χ0) is 19.0. The van der Waals surface area contributed by atoms with Crippen LogP contribution in [0.4, 0.5) is 11.5 Å². The number of carbonyl (C=O) groups is 1. The van der Waals surface area contributed by atoms with Crippen LogP contribution in [-0.2, 0) is 9.63 Å². The molecule has 0 radical (unpaired) electrons. The second-order valence-corrected chi connectivity index (χ2v) is 6.34. The van der Waals surface area contributed by atoms with Crippen LogP contribution >= 0.6 is 0 Å². The highest BCUT2D eigenvalue weighted by atomic mass is 16.9. The Bertz CT molecular complexity index is 1080. The molecule has 0 fully saturated rings. The lowest BCUT2D eigenvalue weighted by Crippen LogP contribution is -2.23. The van der Waals surface area contributed by atoms with Gasteiger partial charge in [-0.3, -0.25) is 5.21 Å². The number of anilines is 2. The number of aryl methyl sites for hydroxylation is 1. The van der Waals surface area contributed by atoms with E-state index in [1.54, 1.807) is 12.1 Å². The molecule has 27 heavy (non-hydrogen) atoms. The molecule has 7 heteroatoms. The molecule has 3 aromatic rings. The first-order chi connectivity index (χ1) is 13.0. The van der Waals surface area contributed by atoms with Crippen LogP contribution in [0.3, 0.4) is 0 Å². The molecule has 1 aliphatic heterocycles. The molecule has 0 aliphatic carbocycles. The number of rotatable bonds is 1. The average Bonchev–Trinajstić information content (AvgIpc) is 2.73. The summed E-state index contributed by atoms with van der Waals surface area (Å²) in [4.78, 5) is 16.8. The van der Waals surface area contributed by atoms with Crippen LogP contribution in [-0.4, -0.2) is 21.4 Å². The Morgan fingerprint density at radius 2 is 1.96 bits per heavy atom. The average molecular weight is 362 g/mol. The molecule has 0 amide bonds. The SMILES string of the molecule is Cc1nnc(N)c2ccc(C3=CCCC(=O)ON(O)c4ccccc43)cc12. The van der Waals surface area contributed by atoms with Crippen LogP contribution in [0.2, 0.25) is 0 Å². The van der Waals surface area contributed by atoms with E-state index in [0.717, 1.165) is 33.2 Å². The highest BCUT2D eigenvalue weighted by Crippen LogP contribution is 2.35. The Labute approximate surface area is 155 Å². The molecule has 0 unspecified atom stereocenters. The van der Waals surface area contributed by atoms with Gasteiger partial charge in [0.2, 0.25) is 0 Å². The summed E-state index contributed by atoms with van der Waals surface area (Å²) in [7, 11) is 0. The van der Waals surface area contributed by atoms with Crippen molar-refractivity contribution in [3.05, 3.63) is 65.4 Å². The normalized spacial score (nSPS) is 14.7. The van der Waals surface area contributed by atoms with E-state index in [0.29, 0.717) is 23.2 Å². The molecule has 0 bridgehead atoms. The Morgan fingerprint density at radius 1 is 1.15 bits per heavy atom. The van der Waals surface area contributed by atoms with E-state index in [4.69, 9.17) is 10.6 Å². The summed E-state index contributed by atoms with van der Waals surface area (Å²) in [6.07, 6.45) is 2.64. The fourth-order valence-electron chi connectivity index (χ4n) is 3.25. The van der Waals surface area contributed by atoms with Crippen molar-refractivity contribution in [2.45, 2.75) is 19.8 Å². The number of fused-ring (bicyclic) bond motifs is 2.